The minimum atomic E-state index is -0.956. The Bertz CT molecular complexity index is 2790. The fraction of sp³-hybridized carbons (Fsp3) is 0.179. The topological polar surface area (TPSA) is 158 Å². The van der Waals surface area contributed by atoms with E-state index in [-0.39, 0.29) is 11.9 Å². The van der Waals surface area contributed by atoms with Crippen LogP contribution in [0.3, 0.4) is 0 Å². The lowest BCUT2D eigenvalue weighted by Gasteiger charge is -2.24. The maximum absolute atomic E-state index is 13.0. The number of aliphatic carboxylic acids is 1. The lowest BCUT2D eigenvalue weighted by molar-refractivity contribution is -0.155. The van der Waals surface area contributed by atoms with Crippen molar-refractivity contribution in [3.8, 4) is 34.0 Å². The Morgan fingerprint density at radius 2 is 0.868 bits per heavy atom. The van der Waals surface area contributed by atoms with Crippen molar-refractivity contribution in [2.75, 3.05) is 10.6 Å². The number of esters is 1. The van der Waals surface area contributed by atoms with Crippen LogP contribution in [0.15, 0.2) is 194 Å². The zero-order valence-corrected chi connectivity index (χ0v) is 38.2. The van der Waals surface area contributed by atoms with Crippen LogP contribution in [0.1, 0.15) is 43.0 Å². The third kappa shape index (κ3) is 15.1. The summed E-state index contributed by atoms with van der Waals surface area (Å²) in [5.41, 5.74) is 6.81. The minimum absolute atomic E-state index is 0.273. The number of hydrogen-bond donors (Lipinski definition) is 3. The van der Waals surface area contributed by atoms with Gasteiger partial charge in [0, 0.05) is 36.4 Å². The van der Waals surface area contributed by atoms with Crippen molar-refractivity contribution < 1.29 is 28.9 Å². The van der Waals surface area contributed by atoms with E-state index in [0.29, 0.717) is 37.7 Å². The highest BCUT2D eigenvalue weighted by Gasteiger charge is 2.26. The molecule has 0 saturated heterocycles. The van der Waals surface area contributed by atoms with E-state index in [4.69, 9.17) is 14.2 Å². The molecule has 0 radical (unpaired) electrons. The molecule has 0 aliphatic carbocycles. The summed E-state index contributed by atoms with van der Waals surface area (Å²) in [5, 5.41) is 15.7. The Balaban J connectivity index is 0.000000203. The molecule has 0 saturated carbocycles. The van der Waals surface area contributed by atoms with E-state index in [1.54, 1.807) is 18.5 Å². The van der Waals surface area contributed by atoms with Gasteiger partial charge in [-0.05, 0) is 104 Å². The summed E-state index contributed by atoms with van der Waals surface area (Å²) >= 11 is 0. The standard InChI is InChI=1S/C30H31N3O3.C26H23N3O3/c1-30(2,3)36-28(34)27(20-22-10-6-4-7-11-22)33-29-31-19-18-26(32-29)24-14-16-25(17-15-24)35-21-23-12-8-5-9-13-23;30-25(31)24(17-19-7-3-1-4-8-19)29-26-27-16-15-23(28-26)21-11-13-22(14-12-21)32-18-20-9-5-2-6-10-20/h4-19,27H,20-21H2,1-3H3,(H,31,32,33);1-16,24H,17-18H2,(H,30,31)(H,27,28,29). The van der Waals surface area contributed by atoms with Crippen LogP contribution in [0.4, 0.5) is 11.9 Å². The molecule has 0 spiro atoms. The highest BCUT2D eigenvalue weighted by atomic mass is 16.6. The van der Waals surface area contributed by atoms with Gasteiger partial charge in [0.15, 0.2) is 0 Å². The van der Waals surface area contributed by atoms with Crippen molar-refractivity contribution in [1.29, 1.82) is 0 Å². The van der Waals surface area contributed by atoms with Gasteiger partial charge in [0.25, 0.3) is 0 Å². The van der Waals surface area contributed by atoms with Crippen LogP contribution in [-0.4, -0.2) is 54.7 Å². The molecule has 0 aliphatic heterocycles. The van der Waals surface area contributed by atoms with E-state index in [9.17, 15) is 14.7 Å². The molecule has 0 amide bonds. The van der Waals surface area contributed by atoms with Crippen LogP contribution in [0, 0.1) is 0 Å². The van der Waals surface area contributed by atoms with Crippen molar-refractivity contribution in [1.82, 2.24) is 19.9 Å². The SMILES string of the molecule is CC(C)(C)OC(=O)C(Cc1ccccc1)Nc1nccc(-c2ccc(OCc3ccccc3)cc2)n1.O=C(O)C(Cc1ccccc1)Nc1nccc(-c2ccc(OCc3ccccc3)cc2)n1. The Morgan fingerprint density at radius 3 is 1.25 bits per heavy atom. The summed E-state index contributed by atoms with van der Waals surface area (Å²) in [6.07, 6.45) is 4.08. The highest BCUT2D eigenvalue weighted by molar-refractivity contribution is 5.80. The fourth-order valence-electron chi connectivity index (χ4n) is 6.88. The molecule has 12 nitrogen and oxygen atoms in total. The van der Waals surface area contributed by atoms with Gasteiger partial charge in [-0.25, -0.2) is 29.5 Å². The summed E-state index contributed by atoms with van der Waals surface area (Å²) in [5.74, 6) is 0.878. The number of benzene rings is 6. The van der Waals surface area contributed by atoms with Crippen molar-refractivity contribution in [2.24, 2.45) is 0 Å². The van der Waals surface area contributed by atoms with E-state index < -0.39 is 23.7 Å². The number of anilines is 2. The molecule has 2 unspecified atom stereocenters. The largest absolute Gasteiger partial charge is 0.489 e. The number of carbonyl (C=O) groups is 2. The van der Waals surface area contributed by atoms with Gasteiger partial charge < -0.3 is 30.0 Å². The summed E-state index contributed by atoms with van der Waals surface area (Å²) in [4.78, 5) is 42.4. The number of carboxylic acid groups (broad SMARTS) is 1. The number of nitrogens with one attached hydrogen (secondary N) is 2. The highest BCUT2D eigenvalue weighted by Crippen LogP contribution is 2.25. The number of aromatic nitrogens is 4. The lowest BCUT2D eigenvalue weighted by Crippen LogP contribution is -2.38. The van der Waals surface area contributed by atoms with Crippen LogP contribution in [0.5, 0.6) is 11.5 Å². The average Bonchev–Trinajstić information content (AvgIpc) is 3.36. The molecule has 3 N–H and O–H groups in total. The van der Waals surface area contributed by atoms with Crippen LogP contribution < -0.4 is 20.1 Å². The fourth-order valence-corrected chi connectivity index (χ4v) is 6.88. The van der Waals surface area contributed by atoms with Crippen molar-refractivity contribution in [3.63, 3.8) is 0 Å². The number of carboxylic acids is 1. The van der Waals surface area contributed by atoms with Crippen molar-refractivity contribution >= 4 is 23.8 Å². The second kappa shape index (κ2) is 23.7. The predicted molar refractivity (Wildman–Crippen MR) is 265 cm³/mol. The summed E-state index contributed by atoms with van der Waals surface area (Å²) in [6.45, 7) is 6.58. The summed E-state index contributed by atoms with van der Waals surface area (Å²) in [7, 11) is 0. The summed E-state index contributed by atoms with van der Waals surface area (Å²) < 4.78 is 17.4. The van der Waals surface area contributed by atoms with Crippen LogP contribution in [-0.2, 0) is 40.4 Å². The van der Waals surface area contributed by atoms with Gasteiger partial charge in [0.1, 0.15) is 42.4 Å². The Labute approximate surface area is 397 Å². The van der Waals surface area contributed by atoms with Crippen molar-refractivity contribution in [2.45, 2.75) is 64.5 Å². The average molecular weight is 907 g/mol. The maximum atomic E-state index is 13.0. The van der Waals surface area contributed by atoms with Gasteiger partial charge in [-0.3, -0.25) is 0 Å². The molecule has 2 heterocycles. The first-order valence-corrected chi connectivity index (χ1v) is 22.3. The van der Waals surface area contributed by atoms with Gasteiger partial charge in [0.2, 0.25) is 11.9 Å². The Kier molecular flexibility index (Phi) is 16.6. The molecular weight excluding hydrogens is 853 g/mol. The predicted octanol–water partition coefficient (Wildman–Crippen LogP) is 10.9. The molecule has 68 heavy (non-hydrogen) atoms. The van der Waals surface area contributed by atoms with E-state index >= 15 is 0 Å². The molecule has 0 fully saturated rings. The van der Waals surface area contributed by atoms with Crippen molar-refractivity contribution in [3.05, 3.63) is 217 Å². The monoisotopic (exact) mass is 906 g/mol. The Morgan fingerprint density at radius 1 is 0.500 bits per heavy atom. The number of ether oxygens (including phenoxy) is 3. The molecule has 344 valence electrons. The first kappa shape index (κ1) is 47.6. The van der Waals surface area contributed by atoms with Crippen LogP contribution >= 0.6 is 0 Å². The van der Waals surface area contributed by atoms with Gasteiger partial charge >= 0.3 is 11.9 Å². The number of rotatable bonds is 18. The van der Waals surface area contributed by atoms with Gasteiger partial charge in [-0.2, -0.15) is 0 Å². The Hall–Kier alpha value is -8.38. The third-order valence-electron chi connectivity index (χ3n) is 10.3. The summed E-state index contributed by atoms with van der Waals surface area (Å²) in [6, 6.07) is 56.9. The second-order valence-corrected chi connectivity index (χ2v) is 16.8. The quantitative estimate of drug-likeness (QED) is 0.0701. The normalized spacial score (nSPS) is 11.8. The lowest BCUT2D eigenvalue weighted by atomic mass is 10.1. The van der Waals surface area contributed by atoms with E-state index in [0.717, 1.165) is 50.6 Å². The molecular formula is C56H54N6O6. The number of hydrogen-bond acceptors (Lipinski definition) is 11. The first-order chi connectivity index (χ1) is 33.0. The second-order valence-electron chi connectivity index (χ2n) is 16.8. The maximum Gasteiger partial charge on any atom is 0.329 e. The van der Waals surface area contributed by atoms with E-state index in [2.05, 4.69) is 30.6 Å². The number of carbonyl (C=O) groups excluding carboxylic acids is 1. The molecule has 8 aromatic rings. The molecule has 0 aliphatic rings. The van der Waals surface area contributed by atoms with E-state index in [1.165, 1.54) is 0 Å². The molecule has 6 aromatic carbocycles. The zero-order chi connectivity index (χ0) is 47.6. The smallest absolute Gasteiger partial charge is 0.329 e. The molecule has 12 heteroatoms. The molecule has 2 aromatic heterocycles. The van der Waals surface area contributed by atoms with Gasteiger partial charge in [0.05, 0.1) is 11.4 Å². The number of nitrogens with zero attached hydrogens (tertiary/aromatic N) is 4. The zero-order valence-electron chi connectivity index (χ0n) is 38.2. The van der Waals surface area contributed by atoms with Crippen LogP contribution in [0.25, 0.3) is 22.5 Å². The van der Waals surface area contributed by atoms with Crippen LogP contribution in [0.2, 0.25) is 0 Å². The molecule has 0 bridgehead atoms. The first-order valence-electron chi connectivity index (χ1n) is 22.3. The molecule has 2 atom stereocenters. The third-order valence-corrected chi connectivity index (χ3v) is 10.3. The van der Waals surface area contributed by atoms with Gasteiger partial charge in [-0.1, -0.05) is 121 Å². The van der Waals surface area contributed by atoms with E-state index in [1.807, 2.05) is 197 Å². The minimum Gasteiger partial charge on any atom is -0.489 e. The molecule has 8 rings (SSSR count). The van der Waals surface area contributed by atoms with Gasteiger partial charge in [-0.15, -0.1) is 0 Å².